The van der Waals surface area contributed by atoms with Gasteiger partial charge in [0.15, 0.2) is 0 Å². The Morgan fingerprint density at radius 1 is 0.462 bits per heavy atom. The molecular weight excluding hydrogens is 975 g/mol. The average Bonchev–Trinajstić information content (AvgIpc) is 1.87. The molecule has 0 saturated heterocycles. The minimum Gasteiger partial charge on any atom is -0.822 e. The van der Waals surface area contributed by atoms with E-state index in [-0.39, 0.29) is 69.7 Å². The van der Waals surface area contributed by atoms with E-state index in [4.69, 9.17) is 86.9 Å². The third-order valence-electron chi connectivity index (χ3n) is 0. The number of carboxylic acid groups (broad SMARTS) is 1. The van der Waals surface area contributed by atoms with Crippen molar-refractivity contribution < 1.29 is 150 Å². The van der Waals surface area contributed by atoms with Crippen molar-refractivity contribution in [2.75, 3.05) is 0 Å². The molecule has 152 valence electrons. The summed E-state index contributed by atoms with van der Waals surface area (Å²) in [5.74, 6) is 0. The molecule has 0 rings (SSSR count). The Balaban J connectivity index is -0.0000000255. The standard InChI is InChI=1S/CH2O2.4H3O4P.3W/c2-1-3;4*1-5(2,3)4;;;/h1H,(H,2,3);4*(H3,1,2,3,4);;;/q;;;;;3*+4/p-12. The zero-order chi connectivity index (χ0) is 20.7. The maximum absolute atomic E-state index is 8.55. The van der Waals surface area contributed by atoms with E-state index >= 15 is 0 Å². The van der Waals surface area contributed by atoms with Crippen LogP contribution >= 0.6 is 31.3 Å². The molecule has 0 atom stereocenters. The van der Waals surface area contributed by atoms with E-state index in [0.29, 0.717) is 0 Å². The first-order chi connectivity index (χ1) is 9.41. The summed E-state index contributed by atoms with van der Waals surface area (Å²) in [6.07, 6.45) is 0. The molecule has 26 heavy (non-hydrogen) atoms. The van der Waals surface area contributed by atoms with Gasteiger partial charge >= 0.3 is 63.2 Å². The number of phosphoric acid groups is 4. The maximum atomic E-state index is 8.55. The van der Waals surface area contributed by atoms with Gasteiger partial charge in [0.05, 0.1) is 0 Å². The predicted octanol–water partition coefficient (Wildman–Crippen LogP) is -11.6. The summed E-state index contributed by atoms with van der Waals surface area (Å²) >= 11 is 0. The monoisotopic (exact) mass is 978 g/mol. The van der Waals surface area contributed by atoms with Crippen LogP contribution in [0.5, 0.6) is 0 Å². The summed E-state index contributed by atoms with van der Waals surface area (Å²) < 4.78 is 34.2. The van der Waals surface area contributed by atoms with Gasteiger partial charge in [-0.05, 0) is 0 Å². The Hall–Kier alpha value is 1.97. The van der Waals surface area contributed by atoms with Crippen molar-refractivity contribution in [2.24, 2.45) is 0 Å². The van der Waals surface area contributed by atoms with Gasteiger partial charge in [0.25, 0.3) is 6.47 Å². The largest absolute Gasteiger partial charge is 4.00 e. The third-order valence-corrected chi connectivity index (χ3v) is 0. The zero-order valence-electron chi connectivity index (χ0n) is 11.0. The van der Waals surface area contributed by atoms with Crippen molar-refractivity contribution >= 4 is 37.8 Å². The van der Waals surface area contributed by atoms with Gasteiger partial charge in [-0.2, -0.15) is 31.3 Å². The molecule has 0 bridgehead atoms. The van der Waals surface area contributed by atoms with Crippen LogP contribution in [0.2, 0.25) is 0 Å². The van der Waals surface area contributed by atoms with Crippen molar-refractivity contribution in [3.05, 3.63) is 0 Å². The fourth-order valence-corrected chi connectivity index (χ4v) is 0. The quantitative estimate of drug-likeness (QED) is 0.174. The Morgan fingerprint density at radius 2 is 0.462 bits per heavy atom. The van der Waals surface area contributed by atoms with Gasteiger partial charge in [-0.25, -0.2) is 0 Å². The second kappa shape index (κ2) is 25.0. The summed E-state index contributed by atoms with van der Waals surface area (Å²) in [5, 5.41) is 6.89. The Morgan fingerprint density at radius 3 is 0.462 bits per heavy atom. The van der Waals surface area contributed by atoms with Gasteiger partial charge in [0.2, 0.25) is 0 Å². The topological polar surface area (TPSA) is 382 Å². The fourth-order valence-electron chi connectivity index (χ4n) is 0. The molecule has 0 aliphatic carbocycles. The first kappa shape index (κ1) is 51.0. The number of hydrogen-bond acceptors (Lipinski definition) is 17. The molecule has 0 aromatic carbocycles. The molecule has 0 aromatic heterocycles. The molecule has 18 nitrogen and oxygen atoms in total. The molecule has 0 spiro atoms. The Labute approximate surface area is 187 Å². The van der Waals surface area contributed by atoms with Gasteiger partial charge < -0.3 is 82.1 Å². The molecule has 0 aromatic rings. The molecular formula is CH2O18P4W3. The van der Waals surface area contributed by atoms with Crippen LogP contribution in [0.4, 0.5) is 0 Å². The van der Waals surface area contributed by atoms with E-state index in [0.717, 1.165) is 0 Å². The van der Waals surface area contributed by atoms with E-state index < -0.39 is 31.3 Å². The molecule has 1 N–H and O–H groups in total. The first-order valence-corrected chi connectivity index (χ1v) is 9.26. The molecule has 0 radical (unpaired) electrons. The molecule has 25 heteroatoms. The van der Waals surface area contributed by atoms with Gasteiger partial charge in [-0.1, -0.05) is 0 Å². The average molecular weight is 977 g/mol. The van der Waals surface area contributed by atoms with E-state index in [1.165, 1.54) is 0 Å². The maximum Gasteiger partial charge on any atom is 4.00 e. The van der Waals surface area contributed by atoms with Crippen LogP contribution in [0.3, 0.4) is 0 Å². The van der Waals surface area contributed by atoms with Crippen molar-refractivity contribution in [2.45, 2.75) is 0 Å². The molecule has 0 unspecified atom stereocenters. The van der Waals surface area contributed by atoms with Crippen LogP contribution in [0.15, 0.2) is 0 Å². The van der Waals surface area contributed by atoms with Crippen molar-refractivity contribution in [3.8, 4) is 0 Å². The van der Waals surface area contributed by atoms with Crippen LogP contribution in [0, 0.1) is 0 Å². The number of carbonyl (C=O) groups is 1. The van der Waals surface area contributed by atoms with E-state index in [9.17, 15) is 0 Å². The number of hydrogen-bond donors (Lipinski definition) is 1. The summed E-state index contributed by atoms with van der Waals surface area (Å²) in [7, 11) is -21.6. The normalized spacial score (nSPS) is 9.54. The minimum atomic E-state index is -5.39. The smallest absolute Gasteiger partial charge is 0.822 e. The van der Waals surface area contributed by atoms with Crippen molar-refractivity contribution in [1.82, 2.24) is 0 Å². The van der Waals surface area contributed by atoms with Crippen LogP contribution in [-0.2, 0) is 86.3 Å². The predicted molar refractivity (Wildman–Crippen MR) is 39.1 cm³/mol. The van der Waals surface area contributed by atoms with Gasteiger partial charge in [0, 0.05) is 0 Å². The molecule has 0 aliphatic heterocycles. The second-order valence-electron chi connectivity index (χ2n) is 1.89. The molecule has 0 fully saturated rings. The molecule has 0 aliphatic rings. The SMILES string of the molecule is O=CO.O=P([O-])([O-])[O-].O=P([O-])([O-])[O-].O=P([O-])([O-])[O-].O=P([O-])([O-])[O-].[W+4].[W+4].[W+4]. The summed E-state index contributed by atoms with van der Waals surface area (Å²) in [4.78, 5) is 111. The fraction of sp³-hybridized carbons (Fsp3) is 0. The van der Waals surface area contributed by atoms with Crippen LogP contribution in [0.25, 0.3) is 0 Å². The molecule has 0 amide bonds. The molecule has 0 saturated carbocycles. The van der Waals surface area contributed by atoms with Gasteiger partial charge in [-0.3, -0.25) is 4.79 Å². The Kier molecular flexibility index (Phi) is 49.1. The zero-order valence-corrected chi connectivity index (χ0v) is 23.4. The summed E-state index contributed by atoms with van der Waals surface area (Å²) in [6.45, 7) is -0.250. The number of rotatable bonds is 0. The van der Waals surface area contributed by atoms with Crippen molar-refractivity contribution in [1.29, 1.82) is 0 Å². The molecule has 0 heterocycles. The second-order valence-corrected chi connectivity index (χ2v) is 5.47. The minimum absolute atomic E-state index is 0. The van der Waals surface area contributed by atoms with Crippen LogP contribution < -0.4 is 58.7 Å². The van der Waals surface area contributed by atoms with E-state index in [2.05, 4.69) is 0 Å². The van der Waals surface area contributed by atoms with Crippen LogP contribution in [-0.4, -0.2) is 11.6 Å². The van der Waals surface area contributed by atoms with E-state index in [1.807, 2.05) is 0 Å². The first-order valence-electron chi connectivity index (χ1n) is 3.42. The third kappa shape index (κ3) is 4150. The Bertz CT molecular complexity index is 338. The summed E-state index contributed by atoms with van der Waals surface area (Å²) in [6, 6.07) is 0. The van der Waals surface area contributed by atoms with Crippen LogP contribution in [0.1, 0.15) is 0 Å². The van der Waals surface area contributed by atoms with Crippen molar-refractivity contribution in [3.63, 3.8) is 0 Å². The van der Waals surface area contributed by atoms with Gasteiger partial charge in [0.1, 0.15) is 0 Å². The van der Waals surface area contributed by atoms with E-state index in [1.54, 1.807) is 0 Å². The summed E-state index contributed by atoms with van der Waals surface area (Å²) in [5.41, 5.74) is 0. The van der Waals surface area contributed by atoms with Gasteiger partial charge in [-0.15, -0.1) is 0 Å².